The second-order valence-corrected chi connectivity index (χ2v) is 7.56. The number of pyridine rings is 1. The highest BCUT2D eigenvalue weighted by Crippen LogP contribution is 2.44. The monoisotopic (exact) mass is 453 g/mol. The van der Waals surface area contributed by atoms with E-state index < -0.39 is 17.7 Å². The van der Waals surface area contributed by atoms with Crippen LogP contribution in [0.15, 0.2) is 95.4 Å². The third-order valence-electron chi connectivity index (χ3n) is 5.66. The van der Waals surface area contributed by atoms with Crippen LogP contribution in [0.1, 0.15) is 17.3 Å². The highest BCUT2D eigenvalue weighted by Gasteiger charge is 2.48. The number of anilines is 1. The van der Waals surface area contributed by atoms with E-state index in [1.807, 2.05) is 0 Å². The Balaban J connectivity index is 1.69. The van der Waals surface area contributed by atoms with Crippen LogP contribution >= 0.6 is 0 Å². The lowest BCUT2D eigenvalue weighted by Gasteiger charge is -2.26. The number of hydrogen-bond donors (Lipinski definition) is 1. The predicted octanol–water partition coefficient (Wildman–Crippen LogP) is 4.37. The van der Waals surface area contributed by atoms with Crippen molar-refractivity contribution in [3.8, 4) is 17.0 Å². The molecule has 2 aromatic heterocycles. The number of para-hydroxylation sites is 1. The van der Waals surface area contributed by atoms with E-state index >= 15 is 0 Å². The molecule has 1 unspecified atom stereocenters. The number of ketones is 1. The number of aliphatic hydroxyl groups excluding tert-OH is 1. The van der Waals surface area contributed by atoms with Crippen molar-refractivity contribution in [1.82, 2.24) is 10.1 Å². The smallest absolute Gasteiger partial charge is 0.300 e. The fourth-order valence-electron chi connectivity index (χ4n) is 4.08. The maximum atomic E-state index is 13.3. The normalized spacial score (nSPS) is 17.2. The van der Waals surface area contributed by atoms with Gasteiger partial charge >= 0.3 is 0 Å². The molecule has 1 aliphatic rings. The number of carbonyl (C=O) groups excluding carboxylic acids is 2. The molecule has 3 heterocycles. The van der Waals surface area contributed by atoms with Gasteiger partial charge in [-0.2, -0.15) is 0 Å². The molecule has 1 atom stereocenters. The van der Waals surface area contributed by atoms with E-state index in [-0.39, 0.29) is 17.0 Å². The fraction of sp³-hybridized carbons (Fsp3) is 0.0769. The summed E-state index contributed by atoms with van der Waals surface area (Å²) in [5, 5.41) is 15.0. The van der Waals surface area contributed by atoms with Gasteiger partial charge in [0, 0.05) is 29.1 Å². The van der Waals surface area contributed by atoms with Gasteiger partial charge in [-0.25, -0.2) is 0 Å². The van der Waals surface area contributed by atoms with Gasteiger partial charge in [-0.15, -0.1) is 0 Å². The lowest BCUT2D eigenvalue weighted by Crippen LogP contribution is -2.29. The lowest BCUT2D eigenvalue weighted by molar-refractivity contribution is -0.132. The Hall–Kier alpha value is -4.72. The number of aromatic nitrogens is 2. The Bertz CT molecular complexity index is 1380. The van der Waals surface area contributed by atoms with Crippen LogP contribution < -0.4 is 9.64 Å². The average Bonchev–Trinajstić information content (AvgIpc) is 3.51. The summed E-state index contributed by atoms with van der Waals surface area (Å²) in [5.74, 6) is -1.44. The van der Waals surface area contributed by atoms with Crippen LogP contribution in [0.3, 0.4) is 0 Å². The van der Waals surface area contributed by atoms with Gasteiger partial charge in [0.25, 0.3) is 11.7 Å². The zero-order chi connectivity index (χ0) is 23.7. The first kappa shape index (κ1) is 21.1. The van der Waals surface area contributed by atoms with Crippen molar-refractivity contribution >= 4 is 23.1 Å². The second-order valence-electron chi connectivity index (χ2n) is 7.56. The number of amides is 1. The largest absolute Gasteiger partial charge is 0.505 e. The molecule has 34 heavy (non-hydrogen) atoms. The number of Topliss-reactive ketones (excluding diaryl/α,β-unsaturated/α-hetero) is 1. The van der Waals surface area contributed by atoms with Crippen LogP contribution in [0.4, 0.5) is 5.69 Å². The number of hydrogen-bond acceptors (Lipinski definition) is 7. The Morgan fingerprint density at radius 2 is 1.76 bits per heavy atom. The van der Waals surface area contributed by atoms with Gasteiger partial charge in [-0.05, 0) is 30.3 Å². The third-order valence-corrected chi connectivity index (χ3v) is 5.66. The molecular weight excluding hydrogens is 434 g/mol. The standard InChI is InChI=1S/C26H19N3O5/c1-33-21-8-3-2-6-18(21)23-22(24(30)20-7-4-5-14-27-20)25(31)26(32)29(23)17-11-9-16(10-12-17)19-13-15-34-28-19/h2-15,23,30H,1H3. The molecule has 0 radical (unpaired) electrons. The topological polar surface area (TPSA) is 106 Å². The van der Waals surface area contributed by atoms with Gasteiger partial charge in [0.05, 0.1) is 18.7 Å². The number of nitrogens with zero attached hydrogens (tertiary/aromatic N) is 3. The SMILES string of the molecule is COc1ccccc1C1C(=C(O)c2ccccn2)C(=O)C(=O)N1c1ccc(-c2ccon2)cc1. The molecule has 1 N–H and O–H groups in total. The summed E-state index contributed by atoms with van der Waals surface area (Å²) in [6.07, 6.45) is 2.98. The zero-order valence-corrected chi connectivity index (χ0v) is 18.1. The molecule has 0 aliphatic carbocycles. The molecule has 0 saturated carbocycles. The Morgan fingerprint density at radius 1 is 1.00 bits per heavy atom. The first-order valence-corrected chi connectivity index (χ1v) is 10.5. The number of rotatable bonds is 5. The van der Waals surface area contributed by atoms with Crippen molar-refractivity contribution in [3.05, 3.63) is 102 Å². The minimum atomic E-state index is -0.920. The van der Waals surface area contributed by atoms with Crippen LogP contribution in [0, 0.1) is 0 Å². The summed E-state index contributed by atoms with van der Waals surface area (Å²) in [6.45, 7) is 0. The number of aliphatic hydroxyl groups is 1. The van der Waals surface area contributed by atoms with E-state index in [1.165, 1.54) is 24.5 Å². The minimum absolute atomic E-state index is 0.0613. The molecule has 1 saturated heterocycles. The van der Waals surface area contributed by atoms with Gasteiger partial charge < -0.3 is 14.4 Å². The molecule has 0 bridgehead atoms. The summed E-state index contributed by atoms with van der Waals surface area (Å²) in [4.78, 5) is 32.0. The molecular formula is C26H19N3O5. The van der Waals surface area contributed by atoms with Crippen LogP contribution in [0.5, 0.6) is 5.75 Å². The van der Waals surface area contributed by atoms with E-state index in [2.05, 4.69) is 10.1 Å². The Kier molecular flexibility index (Phi) is 5.39. The molecule has 0 spiro atoms. The summed E-state index contributed by atoms with van der Waals surface area (Å²) < 4.78 is 10.4. The van der Waals surface area contributed by atoms with Crippen molar-refractivity contribution in [1.29, 1.82) is 0 Å². The van der Waals surface area contributed by atoms with Crippen molar-refractivity contribution in [2.24, 2.45) is 0 Å². The first-order chi connectivity index (χ1) is 16.6. The van der Waals surface area contributed by atoms with Gasteiger partial charge in [-0.3, -0.25) is 19.5 Å². The number of benzene rings is 2. The summed E-state index contributed by atoms with van der Waals surface area (Å²) in [5.41, 5.74) is 2.60. The molecule has 4 aromatic rings. The molecule has 1 fully saturated rings. The highest BCUT2D eigenvalue weighted by atomic mass is 16.5. The highest BCUT2D eigenvalue weighted by molar-refractivity contribution is 6.51. The summed E-state index contributed by atoms with van der Waals surface area (Å²) in [6, 6.07) is 19.9. The van der Waals surface area contributed by atoms with Crippen LogP contribution in [0.25, 0.3) is 17.0 Å². The maximum absolute atomic E-state index is 13.3. The third kappa shape index (κ3) is 3.51. The molecule has 8 heteroatoms. The van der Waals surface area contributed by atoms with Crippen LogP contribution in [-0.4, -0.2) is 34.0 Å². The van der Waals surface area contributed by atoms with E-state index in [1.54, 1.807) is 72.8 Å². The fourth-order valence-corrected chi connectivity index (χ4v) is 4.08. The Labute approximate surface area is 194 Å². The average molecular weight is 453 g/mol. The molecule has 2 aromatic carbocycles. The quantitative estimate of drug-likeness (QED) is 0.272. The minimum Gasteiger partial charge on any atom is -0.505 e. The Morgan fingerprint density at radius 3 is 2.44 bits per heavy atom. The van der Waals surface area contributed by atoms with E-state index in [4.69, 9.17) is 9.26 Å². The second kappa shape index (κ2) is 8.67. The van der Waals surface area contributed by atoms with Gasteiger partial charge in [-0.1, -0.05) is 41.6 Å². The lowest BCUT2D eigenvalue weighted by atomic mass is 9.95. The zero-order valence-electron chi connectivity index (χ0n) is 18.1. The van der Waals surface area contributed by atoms with Gasteiger partial charge in [0.15, 0.2) is 5.76 Å². The van der Waals surface area contributed by atoms with Crippen molar-refractivity contribution in [2.75, 3.05) is 12.0 Å². The molecule has 1 amide bonds. The molecule has 8 nitrogen and oxygen atoms in total. The van der Waals surface area contributed by atoms with Crippen molar-refractivity contribution in [2.45, 2.75) is 6.04 Å². The maximum Gasteiger partial charge on any atom is 0.300 e. The van der Waals surface area contributed by atoms with Crippen molar-refractivity contribution in [3.63, 3.8) is 0 Å². The molecule has 168 valence electrons. The van der Waals surface area contributed by atoms with Crippen LogP contribution in [0.2, 0.25) is 0 Å². The molecule has 5 rings (SSSR count). The van der Waals surface area contributed by atoms with Crippen LogP contribution in [-0.2, 0) is 9.59 Å². The number of carbonyl (C=O) groups is 2. The molecule has 1 aliphatic heterocycles. The number of methoxy groups -OCH3 is 1. The first-order valence-electron chi connectivity index (χ1n) is 10.5. The number of ether oxygens (including phenoxy) is 1. The van der Waals surface area contributed by atoms with Gasteiger partial charge in [0.2, 0.25) is 0 Å². The van der Waals surface area contributed by atoms with E-state index in [0.717, 1.165) is 5.56 Å². The van der Waals surface area contributed by atoms with E-state index in [9.17, 15) is 14.7 Å². The summed E-state index contributed by atoms with van der Waals surface area (Å²) in [7, 11) is 1.51. The van der Waals surface area contributed by atoms with Crippen molar-refractivity contribution < 1.29 is 24.0 Å². The summed E-state index contributed by atoms with van der Waals surface area (Å²) >= 11 is 0. The predicted molar refractivity (Wildman–Crippen MR) is 124 cm³/mol. The van der Waals surface area contributed by atoms with Gasteiger partial charge in [0.1, 0.15) is 23.4 Å². The van der Waals surface area contributed by atoms with E-state index in [0.29, 0.717) is 22.7 Å².